The van der Waals surface area contributed by atoms with E-state index in [1.807, 2.05) is 33.1 Å². The van der Waals surface area contributed by atoms with Gasteiger partial charge in [-0.3, -0.25) is 0 Å². The van der Waals surface area contributed by atoms with Gasteiger partial charge in [0.05, 0.1) is 29.9 Å². The summed E-state index contributed by atoms with van der Waals surface area (Å²) in [5.74, 6) is 0. The Morgan fingerprint density at radius 1 is 1.57 bits per heavy atom. The molecule has 1 amide bonds. The molecular formula is C14H23N3O3S. The number of ether oxygens (including phenoxy) is 1. The zero-order valence-electron chi connectivity index (χ0n) is 12.9. The topological polar surface area (TPSA) is 74.7 Å². The van der Waals surface area contributed by atoms with Crippen molar-refractivity contribution in [2.24, 2.45) is 0 Å². The quantitative estimate of drug-likeness (QED) is 0.889. The summed E-state index contributed by atoms with van der Waals surface area (Å²) in [5.41, 5.74) is 2.20. The molecule has 2 heterocycles. The van der Waals surface area contributed by atoms with E-state index in [0.29, 0.717) is 6.54 Å². The van der Waals surface area contributed by atoms with Crippen molar-refractivity contribution in [3.63, 3.8) is 0 Å². The van der Waals surface area contributed by atoms with Gasteiger partial charge in [-0.25, -0.2) is 9.78 Å². The number of hydrogen-bond donors (Lipinski definition) is 2. The molecule has 1 aliphatic heterocycles. The molecule has 1 fully saturated rings. The van der Waals surface area contributed by atoms with E-state index in [0.717, 1.165) is 5.69 Å². The molecule has 3 atom stereocenters. The lowest BCUT2D eigenvalue weighted by molar-refractivity contribution is 0.0270. The minimum absolute atomic E-state index is 0.0366. The first-order chi connectivity index (χ1) is 9.76. The Labute approximate surface area is 129 Å². The number of nitrogens with zero attached hydrogens (tertiary/aromatic N) is 2. The van der Waals surface area contributed by atoms with Gasteiger partial charge >= 0.3 is 6.09 Å². The maximum Gasteiger partial charge on any atom is 0.410 e. The Morgan fingerprint density at radius 2 is 2.29 bits per heavy atom. The second-order valence-electron chi connectivity index (χ2n) is 6.36. The van der Waals surface area contributed by atoms with Crippen LogP contribution >= 0.6 is 11.3 Å². The van der Waals surface area contributed by atoms with Crippen molar-refractivity contribution in [2.75, 3.05) is 13.1 Å². The Morgan fingerprint density at radius 3 is 2.86 bits per heavy atom. The number of aliphatic hydroxyl groups excluding tert-OH is 1. The van der Waals surface area contributed by atoms with Crippen LogP contribution in [-0.2, 0) is 4.74 Å². The second kappa shape index (κ2) is 6.29. The molecule has 2 N–H and O–H groups in total. The highest BCUT2D eigenvalue weighted by molar-refractivity contribution is 7.07. The second-order valence-corrected chi connectivity index (χ2v) is 7.08. The van der Waals surface area contributed by atoms with E-state index in [1.165, 1.54) is 0 Å². The smallest absolute Gasteiger partial charge is 0.410 e. The number of carbonyl (C=O) groups excluding carboxylic acids is 1. The fourth-order valence-corrected chi connectivity index (χ4v) is 2.92. The third-order valence-electron chi connectivity index (χ3n) is 3.30. The minimum Gasteiger partial charge on any atom is -0.444 e. The lowest BCUT2D eigenvalue weighted by atomic mass is 10.1. The van der Waals surface area contributed by atoms with E-state index in [2.05, 4.69) is 10.3 Å². The SMILES string of the molecule is CC(N[C@H]1CN(C(=O)OC(C)(C)C)C[C@@H]1O)c1cscn1. The van der Waals surface area contributed by atoms with E-state index in [-0.39, 0.29) is 24.7 Å². The van der Waals surface area contributed by atoms with E-state index in [9.17, 15) is 9.90 Å². The molecule has 1 aliphatic rings. The van der Waals surface area contributed by atoms with Gasteiger partial charge < -0.3 is 20.1 Å². The molecule has 118 valence electrons. The first-order valence-electron chi connectivity index (χ1n) is 7.06. The van der Waals surface area contributed by atoms with Crippen LogP contribution < -0.4 is 5.32 Å². The van der Waals surface area contributed by atoms with Gasteiger partial charge in [-0.15, -0.1) is 11.3 Å². The zero-order valence-corrected chi connectivity index (χ0v) is 13.7. The van der Waals surface area contributed by atoms with Crippen LogP contribution in [0.5, 0.6) is 0 Å². The molecule has 0 aliphatic carbocycles. The number of carbonyl (C=O) groups is 1. The van der Waals surface area contributed by atoms with Crippen molar-refractivity contribution in [1.29, 1.82) is 0 Å². The molecule has 0 aromatic carbocycles. The first-order valence-corrected chi connectivity index (χ1v) is 8.00. The van der Waals surface area contributed by atoms with Crippen LogP contribution in [-0.4, -0.2) is 51.9 Å². The van der Waals surface area contributed by atoms with Gasteiger partial charge in [-0.2, -0.15) is 0 Å². The molecule has 7 heteroatoms. The van der Waals surface area contributed by atoms with Crippen molar-refractivity contribution < 1.29 is 14.6 Å². The number of rotatable bonds is 3. The number of likely N-dealkylation sites (tertiary alicyclic amines) is 1. The molecular weight excluding hydrogens is 290 g/mol. The fourth-order valence-electron chi connectivity index (χ4n) is 2.27. The van der Waals surface area contributed by atoms with Crippen LogP contribution in [0.4, 0.5) is 4.79 Å². The summed E-state index contributed by atoms with van der Waals surface area (Å²) in [6, 6.07) is -0.135. The van der Waals surface area contributed by atoms with Crippen molar-refractivity contribution in [3.05, 3.63) is 16.6 Å². The molecule has 0 saturated carbocycles. The van der Waals surface area contributed by atoms with Gasteiger partial charge in [-0.1, -0.05) is 0 Å². The van der Waals surface area contributed by atoms with E-state index in [1.54, 1.807) is 21.7 Å². The maximum atomic E-state index is 12.0. The predicted octanol–water partition coefficient (Wildman–Crippen LogP) is 1.77. The highest BCUT2D eigenvalue weighted by atomic mass is 32.1. The minimum atomic E-state index is -0.599. The van der Waals surface area contributed by atoms with Crippen LogP contribution in [0.1, 0.15) is 39.4 Å². The Bertz CT molecular complexity index is 472. The van der Waals surface area contributed by atoms with Crippen LogP contribution in [0.25, 0.3) is 0 Å². The molecule has 1 aromatic heterocycles. The third-order valence-corrected chi connectivity index (χ3v) is 3.90. The Hall–Kier alpha value is -1.18. The van der Waals surface area contributed by atoms with Crippen LogP contribution in [0.3, 0.4) is 0 Å². The van der Waals surface area contributed by atoms with Crippen LogP contribution in [0.2, 0.25) is 0 Å². The summed E-state index contributed by atoms with van der Waals surface area (Å²) in [4.78, 5) is 17.8. The maximum absolute atomic E-state index is 12.0. The Kier molecular flexibility index (Phi) is 4.85. The average molecular weight is 313 g/mol. The fraction of sp³-hybridized carbons (Fsp3) is 0.714. The largest absolute Gasteiger partial charge is 0.444 e. The molecule has 0 spiro atoms. The first kappa shape index (κ1) is 16.2. The molecule has 1 aromatic rings. The molecule has 21 heavy (non-hydrogen) atoms. The van der Waals surface area contributed by atoms with E-state index in [4.69, 9.17) is 4.74 Å². The molecule has 0 bridgehead atoms. The van der Waals surface area contributed by atoms with E-state index < -0.39 is 11.7 Å². The van der Waals surface area contributed by atoms with Crippen molar-refractivity contribution in [3.8, 4) is 0 Å². The van der Waals surface area contributed by atoms with Crippen molar-refractivity contribution in [2.45, 2.75) is 51.5 Å². The van der Waals surface area contributed by atoms with Gasteiger partial charge in [0.25, 0.3) is 0 Å². The number of aromatic nitrogens is 1. The number of thiazole rings is 1. The summed E-state index contributed by atoms with van der Waals surface area (Å²) in [5, 5.41) is 15.4. The molecule has 6 nitrogen and oxygen atoms in total. The van der Waals surface area contributed by atoms with Gasteiger partial charge in [-0.05, 0) is 27.7 Å². The lowest BCUT2D eigenvalue weighted by Crippen LogP contribution is -2.41. The van der Waals surface area contributed by atoms with Crippen molar-refractivity contribution >= 4 is 17.4 Å². The number of amides is 1. The monoisotopic (exact) mass is 313 g/mol. The summed E-state index contributed by atoms with van der Waals surface area (Å²) in [6.45, 7) is 8.21. The van der Waals surface area contributed by atoms with Crippen LogP contribution in [0, 0.1) is 0 Å². The predicted molar refractivity (Wildman–Crippen MR) is 81.3 cm³/mol. The normalized spacial score (nSPS) is 24.1. The highest BCUT2D eigenvalue weighted by Gasteiger charge is 2.36. The van der Waals surface area contributed by atoms with Crippen molar-refractivity contribution in [1.82, 2.24) is 15.2 Å². The molecule has 0 radical (unpaired) electrons. The van der Waals surface area contributed by atoms with Gasteiger partial charge in [0.2, 0.25) is 0 Å². The van der Waals surface area contributed by atoms with Crippen LogP contribution in [0.15, 0.2) is 10.9 Å². The standard InChI is InChI=1S/C14H23N3O3S/c1-9(11-7-21-8-15-11)16-10-5-17(6-12(10)18)13(19)20-14(2,3)4/h7-10,12,16,18H,5-6H2,1-4H3/t9?,10-,12-/m0/s1. The van der Waals surface area contributed by atoms with Gasteiger partial charge in [0.15, 0.2) is 0 Å². The number of nitrogens with one attached hydrogen (secondary N) is 1. The molecule has 1 saturated heterocycles. The summed E-state index contributed by atoms with van der Waals surface area (Å²) in [6.07, 6.45) is -0.981. The number of β-amino-alcohol motifs (C(OH)–C–C–N with tert-alkyl or cyclic N) is 1. The number of hydrogen-bond acceptors (Lipinski definition) is 6. The summed E-state index contributed by atoms with van der Waals surface area (Å²) >= 11 is 1.54. The van der Waals surface area contributed by atoms with Gasteiger partial charge in [0.1, 0.15) is 5.60 Å². The Balaban J connectivity index is 1.90. The lowest BCUT2D eigenvalue weighted by Gasteiger charge is -2.24. The third kappa shape index (κ3) is 4.39. The molecule has 1 unspecified atom stereocenters. The number of aliphatic hydroxyl groups is 1. The summed E-state index contributed by atoms with van der Waals surface area (Å²) in [7, 11) is 0. The van der Waals surface area contributed by atoms with Gasteiger partial charge in [0, 0.05) is 18.0 Å². The summed E-state index contributed by atoms with van der Waals surface area (Å²) < 4.78 is 5.33. The van der Waals surface area contributed by atoms with E-state index >= 15 is 0 Å². The average Bonchev–Trinajstić information content (AvgIpc) is 2.97. The molecule has 2 rings (SSSR count). The zero-order chi connectivity index (χ0) is 15.6. The highest BCUT2D eigenvalue weighted by Crippen LogP contribution is 2.19.